The number of anilines is 1. The van der Waals surface area contributed by atoms with Gasteiger partial charge in [0.2, 0.25) is 65.0 Å². The quantitative estimate of drug-likeness (QED) is 0.00849. The van der Waals surface area contributed by atoms with Crippen LogP contribution in [0.5, 0.6) is 11.5 Å². The molecule has 0 radical (unpaired) electrons. The number of hydrogen-bond donors (Lipinski definition) is 12. The number of likely N-dealkylation sites (N-methyl/N-ethyl adjacent to an activating group) is 2. The topological polar surface area (TPSA) is 471 Å². The van der Waals surface area contributed by atoms with Gasteiger partial charge in [0.15, 0.2) is 5.72 Å². The van der Waals surface area contributed by atoms with Gasteiger partial charge in [0.1, 0.15) is 82.7 Å². The van der Waals surface area contributed by atoms with Crippen LogP contribution in [0.15, 0.2) is 109 Å². The molecule has 1 aromatic heterocycles. The summed E-state index contributed by atoms with van der Waals surface area (Å²) in [5, 5.41) is 51.9. The molecule has 4 fully saturated rings. The van der Waals surface area contributed by atoms with Crippen molar-refractivity contribution in [2.24, 2.45) is 11.7 Å². The summed E-state index contributed by atoms with van der Waals surface area (Å²) < 4.78 is 29.2. The maximum atomic E-state index is 15.3. The number of aromatic hydroxyl groups is 1. The van der Waals surface area contributed by atoms with E-state index in [0.29, 0.717) is 65.7 Å². The number of carbonyl (C=O) groups is 13. The molecule has 1 unspecified atom stereocenters. The molecule has 5 heterocycles. The van der Waals surface area contributed by atoms with E-state index >= 15 is 14.4 Å². The summed E-state index contributed by atoms with van der Waals surface area (Å²) in [6.07, 6.45) is -3.01. The van der Waals surface area contributed by atoms with Gasteiger partial charge in [0, 0.05) is 115 Å². The standard InChI is InChI=1S/C88H118ClN13O21S/c1-13-49(2)39-56-42-66(75(89)67(43-56)120-12)100(9)73(107)46-70(87(7)77(123-87)50(3)68-47-88(118,53(6)119-11)98-86(117)121-68)122-85(116)51(4)99(8)72(106)34-38-124-69-45-74(108)102(84(69)115)37-22-36-91-71(105)33-32-65-81(112)95-62(40-55-28-30-58(104)31-29-55)79(110)94-63(44-57-48-92-60-26-20-19-25-59(57)60)80(111)93-61(27-18-15-21-35-90)78(109)97-76(52(5)103)82(113)96-64(83(114)101(65)10)41-54-23-16-14-17-24-54/h13-14,16-17,19-20,23-26,28-31,42-43,48,50-53,61-65,68-70,76-77,92,103-104,118H,15,18,21-22,27,32-41,44-47,90H2,1-12H3,(H,91,105)(H,93,111)(H,94,110)(H,95,112)(H,96,113)(H,97,109)(H,98,117)/b49-13+/t50-,51+,52-,53-,61+,62+,63-,64+,65+,68+,69?,70+,76+,77+,87+,88+/m1/s1. The molecule has 13 N–H and O–H groups in total. The van der Waals surface area contributed by atoms with Crippen molar-refractivity contribution < 1.29 is 101 Å². The van der Waals surface area contributed by atoms with E-state index in [4.69, 9.17) is 41.0 Å². The molecule has 36 heteroatoms. The predicted octanol–water partition coefficient (Wildman–Crippen LogP) is 4.60. The highest BCUT2D eigenvalue weighted by Gasteiger charge is 2.65. The number of amides is 12. The highest BCUT2D eigenvalue weighted by Crippen LogP contribution is 2.49. The number of carbonyl (C=O) groups excluding carboxylic acids is 13. The fourth-order valence-corrected chi connectivity index (χ4v) is 16.9. The maximum absolute atomic E-state index is 15.3. The number of nitrogens with two attached hydrogens (primary N) is 1. The number of esters is 1. The Labute approximate surface area is 730 Å². The van der Waals surface area contributed by atoms with Crippen LogP contribution in [0.25, 0.3) is 10.9 Å². The molecule has 674 valence electrons. The number of methoxy groups -OCH3 is 2. The van der Waals surface area contributed by atoms with Crippen LogP contribution in [0.3, 0.4) is 0 Å². The average Bonchev–Trinajstić information content (AvgIpc) is 1.57. The fourth-order valence-electron chi connectivity index (χ4n) is 15.5. The molecule has 0 spiro atoms. The lowest BCUT2D eigenvalue weighted by Crippen LogP contribution is -2.63. The first kappa shape index (κ1) is 97.1. The van der Waals surface area contributed by atoms with Crippen molar-refractivity contribution in [1.82, 2.24) is 56.9 Å². The van der Waals surface area contributed by atoms with E-state index in [2.05, 4.69) is 42.2 Å². The molecular weight excluding hydrogens is 1640 g/mol. The second kappa shape index (κ2) is 44.3. The Kier molecular flexibility index (Phi) is 34.7. The Hall–Kier alpha value is -10.7. The van der Waals surface area contributed by atoms with Gasteiger partial charge in [0.05, 0.1) is 36.7 Å². The van der Waals surface area contributed by atoms with E-state index in [1.807, 2.05) is 38.1 Å². The van der Waals surface area contributed by atoms with Gasteiger partial charge in [-0.1, -0.05) is 104 Å². The molecule has 124 heavy (non-hydrogen) atoms. The summed E-state index contributed by atoms with van der Waals surface area (Å²) in [5.41, 5.74) is 7.07. The Morgan fingerprint density at radius 2 is 1.41 bits per heavy atom. The molecule has 34 nitrogen and oxygen atoms in total. The first-order valence-corrected chi connectivity index (χ1v) is 43.2. The van der Waals surface area contributed by atoms with Crippen LogP contribution in [-0.2, 0) is 102 Å². The van der Waals surface area contributed by atoms with Crippen molar-refractivity contribution in [3.63, 3.8) is 0 Å². The van der Waals surface area contributed by atoms with Crippen LogP contribution in [0, 0.1) is 5.92 Å². The molecule has 16 atom stereocenters. The van der Waals surface area contributed by atoms with Gasteiger partial charge < -0.3 is 96.3 Å². The number of halogens is 1. The Bertz CT molecular complexity index is 4690. The first-order chi connectivity index (χ1) is 58.9. The number of rotatable bonds is 37. The summed E-state index contributed by atoms with van der Waals surface area (Å²) in [7, 11) is 7.02. The second-order valence-corrected chi connectivity index (χ2v) is 34.2. The van der Waals surface area contributed by atoms with Crippen LogP contribution in [-0.4, -0.2) is 262 Å². The number of cyclic esters (lactones) is 1. The number of hydrogen-bond acceptors (Lipinski definition) is 23. The van der Waals surface area contributed by atoms with Crippen molar-refractivity contribution in [3.05, 3.63) is 136 Å². The number of likely N-dealkylation sites (tertiary alicyclic amines) is 1. The van der Waals surface area contributed by atoms with E-state index in [1.54, 1.807) is 75.5 Å². The Morgan fingerprint density at radius 1 is 0.766 bits per heavy atom. The number of aromatic amines is 1. The number of thioether (sulfide) groups is 1. The monoisotopic (exact) mass is 1760 g/mol. The maximum Gasteiger partial charge on any atom is 0.409 e. The number of aliphatic hydroxyl groups is 2. The fraction of sp³-hybridized carbons (Fsp3) is 0.534. The molecule has 4 saturated heterocycles. The van der Waals surface area contributed by atoms with E-state index in [1.165, 1.54) is 78.4 Å². The lowest BCUT2D eigenvalue weighted by atomic mass is 9.84. The minimum atomic E-state index is -1.82. The summed E-state index contributed by atoms with van der Waals surface area (Å²) in [6.45, 7) is 11.7. The lowest BCUT2D eigenvalue weighted by molar-refractivity contribution is -0.162. The van der Waals surface area contributed by atoms with Gasteiger partial charge >= 0.3 is 12.1 Å². The highest BCUT2D eigenvalue weighted by molar-refractivity contribution is 8.00. The third kappa shape index (κ3) is 25.1. The number of phenols is 1. The van der Waals surface area contributed by atoms with Gasteiger partial charge in [-0.2, -0.15) is 0 Å². The molecule has 9 rings (SSSR count). The molecule has 5 aromatic rings. The molecule has 4 aliphatic rings. The minimum absolute atomic E-state index is 0.0368. The Morgan fingerprint density at radius 3 is 2.09 bits per heavy atom. The zero-order chi connectivity index (χ0) is 90.6. The smallest absolute Gasteiger partial charge is 0.409 e. The Balaban J connectivity index is 0.858. The van der Waals surface area contributed by atoms with E-state index < -0.39 is 192 Å². The van der Waals surface area contributed by atoms with Gasteiger partial charge in [0.25, 0.3) is 0 Å². The summed E-state index contributed by atoms with van der Waals surface area (Å²) in [4.78, 5) is 195. The number of nitrogens with one attached hydrogen (secondary N) is 8. The van der Waals surface area contributed by atoms with Crippen LogP contribution >= 0.6 is 23.4 Å². The van der Waals surface area contributed by atoms with Gasteiger partial charge in [-0.25, -0.2) is 9.59 Å². The zero-order valence-corrected chi connectivity index (χ0v) is 73.7. The molecule has 4 aliphatic heterocycles. The number of ether oxygens (including phenoxy) is 5. The summed E-state index contributed by atoms with van der Waals surface area (Å²) in [6, 6.07) is 14.7. The average molecular weight is 1760 g/mol. The number of alkyl carbamates (subject to hydrolysis) is 1. The number of nitrogens with zero attached hydrogens (tertiary/aromatic N) is 4. The number of benzene rings is 4. The van der Waals surface area contributed by atoms with Crippen molar-refractivity contribution in [3.8, 4) is 11.5 Å². The number of unbranched alkanes of at least 4 members (excludes halogenated alkanes) is 2. The van der Waals surface area contributed by atoms with Gasteiger partial charge in [-0.05, 0) is 133 Å². The molecule has 4 aromatic carbocycles. The SMILES string of the molecule is C/C=C(\C)Cc1cc(OC)c(Cl)c(N(C)C(=O)C[C@H](OC(=O)[C@H](C)N(C)C(=O)CCSC2CC(=O)N(CCCNC(=O)CC[C@H]3C(=O)N[C@@H](Cc4ccc(O)cc4)C(=O)N[C@H](Cc4c[nH]c5ccccc45)C(=O)N[C@@H](CCCCCN)C(=O)N[C@@H]([C@@H](C)O)C(=O)N[C@@H](Cc4ccccc4)C(=O)N3C)C2=O)[C@]2(C)O[C@H]2[C@H](C)[C@@H]2C[C@](O)([C@@H](C)OC)NC(=O)O2)c1. The zero-order valence-electron chi connectivity index (χ0n) is 72.2. The first-order valence-electron chi connectivity index (χ1n) is 41.8. The third-order valence-electron chi connectivity index (χ3n) is 23.7. The number of imide groups is 1. The van der Waals surface area contributed by atoms with E-state index in [9.17, 15) is 63.3 Å². The minimum Gasteiger partial charge on any atom is -0.508 e. The van der Waals surface area contributed by atoms with Crippen LogP contribution in [0.4, 0.5) is 10.5 Å². The van der Waals surface area contributed by atoms with Crippen molar-refractivity contribution >= 4 is 117 Å². The number of epoxide rings is 1. The van der Waals surface area contributed by atoms with Crippen molar-refractivity contribution in [2.75, 3.05) is 65.6 Å². The number of phenolic OH excluding ortho intramolecular Hbond substituents is 1. The highest BCUT2D eigenvalue weighted by atomic mass is 35.5. The van der Waals surface area contributed by atoms with Crippen LogP contribution in [0.2, 0.25) is 5.02 Å². The van der Waals surface area contributed by atoms with E-state index in [-0.39, 0.29) is 81.0 Å². The number of H-pyrrole nitrogens is 1. The molecule has 12 amide bonds. The number of fused-ring (bicyclic) bond motifs is 1. The summed E-state index contributed by atoms with van der Waals surface area (Å²) >= 11 is 7.92. The number of aromatic nitrogens is 1. The molecule has 0 saturated carbocycles. The normalized spacial score (nSPS) is 24.3. The second-order valence-electron chi connectivity index (χ2n) is 32.5. The largest absolute Gasteiger partial charge is 0.508 e. The number of aliphatic hydroxyl groups excluding tert-OH is 1. The van der Waals surface area contributed by atoms with Crippen LogP contribution in [0.1, 0.15) is 141 Å². The molecule has 0 bridgehead atoms. The molecule has 0 aliphatic carbocycles. The summed E-state index contributed by atoms with van der Waals surface area (Å²) in [5.74, 6) is -9.39. The van der Waals surface area contributed by atoms with Gasteiger partial charge in [-0.15, -0.1) is 11.8 Å². The predicted molar refractivity (Wildman–Crippen MR) is 462 cm³/mol. The number of allylic oxidation sites excluding steroid dienone is 2. The van der Waals surface area contributed by atoms with Gasteiger partial charge in [-0.3, -0.25) is 63.0 Å². The third-order valence-corrected chi connectivity index (χ3v) is 25.3. The van der Waals surface area contributed by atoms with Crippen LogP contribution < -0.4 is 52.6 Å². The molecular formula is C88H118ClN13O21S. The number of para-hydroxylation sites is 1. The van der Waals surface area contributed by atoms with Crippen molar-refractivity contribution in [1.29, 1.82) is 0 Å². The van der Waals surface area contributed by atoms with Crippen molar-refractivity contribution in [2.45, 2.75) is 234 Å². The van der Waals surface area contributed by atoms with E-state index in [0.717, 1.165) is 43.1 Å². The lowest BCUT2D eigenvalue weighted by Gasteiger charge is -2.41.